The molecule has 0 radical (unpaired) electrons. The van der Waals surface area contributed by atoms with E-state index in [4.69, 9.17) is 17.3 Å². The van der Waals surface area contributed by atoms with E-state index in [1.165, 1.54) is 35.3 Å². The molecule has 6 rings (SSSR count). The van der Waals surface area contributed by atoms with Crippen molar-refractivity contribution in [1.82, 2.24) is 34.9 Å². The van der Waals surface area contributed by atoms with Gasteiger partial charge in [0.1, 0.15) is 0 Å². The summed E-state index contributed by atoms with van der Waals surface area (Å²) >= 11 is 6.44. The molecule has 246 valence electrons. The number of hydrogen-bond donors (Lipinski definition) is 4. The Morgan fingerprint density at radius 2 is 1.80 bits per heavy atom. The predicted molar refractivity (Wildman–Crippen MR) is 162 cm³/mol. The van der Waals surface area contributed by atoms with E-state index in [0.717, 1.165) is 32.1 Å². The van der Waals surface area contributed by atoms with Crippen molar-refractivity contribution >= 4 is 35.1 Å². The lowest BCUT2D eigenvalue weighted by Crippen LogP contribution is -2.54. The number of nitrogens with one attached hydrogen (secondary N) is 3. The van der Waals surface area contributed by atoms with Crippen molar-refractivity contribution in [2.24, 2.45) is 11.7 Å². The van der Waals surface area contributed by atoms with Crippen molar-refractivity contribution in [3.8, 4) is 0 Å². The molecule has 1 saturated heterocycles. The van der Waals surface area contributed by atoms with Gasteiger partial charge in [-0.25, -0.2) is 9.78 Å². The minimum absolute atomic E-state index is 0.00486. The second-order valence-electron chi connectivity index (χ2n) is 12.2. The summed E-state index contributed by atoms with van der Waals surface area (Å²) in [6, 6.07) is 4.52. The van der Waals surface area contributed by atoms with Crippen LogP contribution in [0.4, 0.5) is 23.7 Å². The van der Waals surface area contributed by atoms with Crippen LogP contribution in [0.25, 0.3) is 0 Å². The van der Waals surface area contributed by atoms with Crippen molar-refractivity contribution in [1.29, 1.82) is 0 Å². The number of nitrogens with zero attached hydrogens (tertiary/aromatic N) is 5. The van der Waals surface area contributed by atoms with Gasteiger partial charge in [0, 0.05) is 80.6 Å². The summed E-state index contributed by atoms with van der Waals surface area (Å²) in [6.07, 6.45) is 2.47. The number of halogens is 4. The number of hydrogen-bond acceptors (Lipinski definition) is 6. The highest BCUT2D eigenvalue weighted by atomic mass is 35.5. The monoisotopic (exact) mass is 661 g/mol. The quantitative estimate of drug-likeness (QED) is 0.287. The molecule has 3 aromatic rings. The molecule has 1 aromatic carbocycles. The van der Waals surface area contributed by atoms with Crippen molar-refractivity contribution in [3.63, 3.8) is 0 Å². The van der Waals surface area contributed by atoms with Gasteiger partial charge >= 0.3 is 12.2 Å². The van der Waals surface area contributed by atoms with E-state index in [9.17, 15) is 27.6 Å². The fourth-order valence-electron chi connectivity index (χ4n) is 5.91. The second kappa shape index (κ2) is 12.9. The van der Waals surface area contributed by atoms with E-state index in [1.54, 1.807) is 9.80 Å². The first-order valence-corrected chi connectivity index (χ1v) is 15.7. The second-order valence-corrected chi connectivity index (χ2v) is 12.7. The number of aromatic amines is 1. The number of carbonyl (C=O) groups is 3. The van der Waals surface area contributed by atoms with Crippen LogP contribution in [-0.2, 0) is 19.1 Å². The highest BCUT2D eigenvalue weighted by Crippen LogP contribution is 2.34. The summed E-state index contributed by atoms with van der Waals surface area (Å²) in [4.78, 5) is 48.8. The lowest BCUT2D eigenvalue weighted by Gasteiger charge is -2.35. The molecule has 2 aromatic heterocycles. The SMILES string of the molecule is N[C@@H]1CC[C@@H](NC(=O)N2CCN(C(=O)c3ccc(NC(=O)c4ncc(Cc5cn(CC6CC6)nc5C(F)(F)F)[nH]4)cc3Cl)CC2)C1. The Kier molecular flexibility index (Phi) is 8.97. The third-order valence-electron chi connectivity index (χ3n) is 8.58. The van der Waals surface area contributed by atoms with Gasteiger partial charge in [-0.05, 0) is 56.2 Å². The number of alkyl halides is 3. The number of amides is 4. The van der Waals surface area contributed by atoms with Crippen LogP contribution in [0.2, 0.25) is 5.02 Å². The predicted octanol–water partition coefficient (Wildman–Crippen LogP) is 3.88. The number of H-pyrrole nitrogens is 1. The highest BCUT2D eigenvalue weighted by molar-refractivity contribution is 6.34. The number of rotatable bonds is 8. The fraction of sp³-hybridized carbons (Fsp3) is 0.500. The van der Waals surface area contributed by atoms with Crippen LogP contribution in [0.5, 0.6) is 0 Å². The average Bonchev–Trinajstić information content (AvgIpc) is 3.33. The molecule has 46 heavy (non-hydrogen) atoms. The number of carbonyl (C=O) groups excluding carboxylic acids is 3. The topological polar surface area (TPSA) is 154 Å². The summed E-state index contributed by atoms with van der Waals surface area (Å²) in [5.74, 6) is -0.660. The first-order valence-electron chi connectivity index (χ1n) is 15.3. The maximum absolute atomic E-state index is 13.6. The van der Waals surface area contributed by atoms with Gasteiger partial charge in [-0.1, -0.05) is 11.6 Å². The van der Waals surface area contributed by atoms with Crippen LogP contribution >= 0.6 is 11.6 Å². The number of urea groups is 1. The number of anilines is 1. The maximum Gasteiger partial charge on any atom is 0.435 e. The zero-order valence-corrected chi connectivity index (χ0v) is 25.7. The Bertz CT molecular complexity index is 1610. The first-order chi connectivity index (χ1) is 21.9. The van der Waals surface area contributed by atoms with Crippen molar-refractivity contribution < 1.29 is 27.6 Å². The standard InChI is InChI=1S/C30H35ClF3N9O3/c31-24-13-21(5-6-23(24)28(45)41-7-9-42(10-8-41)29(46)39-20-4-3-19(35)12-20)38-27(44)26-36-14-22(37-26)11-18-16-43(15-17-1-2-17)40-25(18)30(32,33)34/h5-6,13-14,16-17,19-20H,1-4,7-12,15,35H2,(H,36,37)(H,38,44)(H,39,46)/t19-,20-/m1/s1. The lowest BCUT2D eigenvalue weighted by atomic mass is 10.1. The molecule has 16 heteroatoms. The van der Waals surface area contributed by atoms with Crippen LogP contribution < -0.4 is 16.4 Å². The number of imidazole rings is 1. The van der Waals surface area contributed by atoms with Gasteiger partial charge in [-0.3, -0.25) is 14.3 Å². The van der Waals surface area contributed by atoms with E-state index in [0.29, 0.717) is 50.0 Å². The Balaban J connectivity index is 1.03. The van der Waals surface area contributed by atoms with E-state index in [1.807, 2.05) is 0 Å². The molecule has 3 aliphatic rings. The fourth-order valence-corrected chi connectivity index (χ4v) is 6.17. The van der Waals surface area contributed by atoms with Crippen LogP contribution in [0, 0.1) is 5.92 Å². The Hall–Kier alpha value is -4.11. The van der Waals surface area contributed by atoms with Crippen molar-refractivity contribution in [3.05, 3.63) is 64.0 Å². The molecule has 3 heterocycles. The molecule has 2 aliphatic carbocycles. The van der Waals surface area contributed by atoms with Crippen LogP contribution in [-0.4, -0.2) is 85.7 Å². The minimum Gasteiger partial charge on any atom is -0.337 e. The van der Waals surface area contributed by atoms with Crippen LogP contribution in [0.3, 0.4) is 0 Å². The number of benzene rings is 1. The molecule has 2 saturated carbocycles. The smallest absolute Gasteiger partial charge is 0.337 e. The molecule has 4 amide bonds. The minimum atomic E-state index is -4.61. The van der Waals surface area contributed by atoms with Gasteiger partial charge in [0.05, 0.1) is 10.6 Å². The van der Waals surface area contributed by atoms with E-state index in [-0.39, 0.29) is 52.4 Å². The average molecular weight is 662 g/mol. The summed E-state index contributed by atoms with van der Waals surface area (Å²) in [5, 5.41) is 9.55. The molecule has 0 spiro atoms. The molecular formula is C30H35ClF3N9O3. The molecule has 0 unspecified atom stereocenters. The molecule has 12 nitrogen and oxygen atoms in total. The third kappa shape index (κ3) is 7.47. The number of piperazine rings is 1. The van der Waals surface area contributed by atoms with Crippen molar-refractivity contribution in [2.75, 3.05) is 31.5 Å². The summed E-state index contributed by atoms with van der Waals surface area (Å²) in [7, 11) is 0. The summed E-state index contributed by atoms with van der Waals surface area (Å²) in [6.45, 7) is 1.90. The summed E-state index contributed by atoms with van der Waals surface area (Å²) in [5.41, 5.74) is 5.85. The van der Waals surface area contributed by atoms with E-state index < -0.39 is 17.8 Å². The van der Waals surface area contributed by atoms with Gasteiger partial charge in [-0.2, -0.15) is 18.3 Å². The Morgan fingerprint density at radius 1 is 1.07 bits per heavy atom. The van der Waals surface area contributed by atoms with Gasteiger partial charge in [0.2, 0.25) is 0 Å². The molecule has 1 aliphatic heterocycles. The van der Waals surface area contributed by atoms with E-state index >= 15 is 0 Å². The Labute approximate surface area is 267 Å². The normalized spacial score (nSPS) is 20.2. The first kappa shape index (κ1) is 31.9. The van der Waals surface area contributed by atoms with Crippen LogP contribution in [0.1, 0.15) is 70.0 Å². The maximum atomic E-state index is 13.6. The van der Waals surface area contributed by atoms with E-state index in [2.05, 4.69) is 25.7 Å². The molecule has 5 N–H and O–H groups in total. The van der Waals surface area contributed by atoms with Gasteiger partial charge in [0.25, 0.3) is 11.8 Å². The van der Waals surface area contributed by atoms with Gasteiger partial charge in [0.15, 0.2) is 11.5 Å². The zero-order chi connectivity index (χ0) is 32.6. The number of nitrogens with two attached hydrogens (primary N) is 1. The number of aromatic nitrogens is 4. The zero-order valence-electron chi connectivity index (χ0n) is 24.9. The van der Waals surface area contributed by atoms with Crippen molar-refractivity contribution in [2.45, 2.75) is 63.3 Å². The molecular weight excluding hydrogens is 627 g/mol. The highest BCUT2D eigenvalue weighted by Gasteiger charge is 2.38. The van der Waals surface area contributed by atoms with Gasteiger partial charge in [-0.15, -0.1) is 0 Å². The largest absolute Gasteiger partial charge is 0.435 e. The Morgan fingerprint density at radius 3 is 2.46 bits per heavy atom. The lowest BCUT2D eigenvalue weighted by molar-refractivity contribution is -0.142. The molecule has 0 bridgehead atoms. The molecule has 3 fully saturated rings. The summed E-state index contributed by atoms with van der Waals surface area (Å²) < 4.78 is 42.2. The third-order valence-corrected chi connectivity index (χ3v) is 8.90. The van der Waals surface area contributed by atoms with Crippen LogP contribution in [0.15, 0.2) is 30.6 Å². The van der Waals surface area contributed by atoms with Gasteiger partial charge < -0.3 is 31.2 Å². The molecule has 2 atom stereocenters.